The molecule has 3 aliphatic carbocycles. The number of Topliss-reactive ketones (excluding diaryl/α,β-unsaturated/α-hetero) is 1. The van der Waals surface area contributed by atoms with Crippen LogP contribution in [-0.4, -0.2) is 10.8 Å². The van der Waals surface area contributed by atoms with Gasteiger partial charge in [0.05, 0.1) is 10.8 Å². The second kappa shape index (κ2) is 6.21. The number of nitrogens with zero attached hydrogens (tertiary/aromatic N) is 1. The van der Waals surface area contributed by atoms with Crippen molar-refractivity contribution in [3.8, 4) is 0 Å². The average Bonchev–Trinajstić information content (AvgIpc) is 3.41. The molecule has 0 N–H and O–H groups in total. The van der Waals surface area contributed by atoms with Crippen molar-refractivity contribution in [2.24, 2.45) is 0 Å². The molecule has 1 radical (unpaired) electrons. The van der Waals surface area contributed by atoms with E-state index in [-0.39, 0.29) is 30.9 Å². The molecule has 2 spiro atoms. The maximum atomic E-state index is 14.0. The minimum atomic E-state index is -0.254. The first kappa shape index (κ1) is 18.5. The summed E-state index contributed by atoms with van der Waals surface area (Å²) in [6.07, 6.45) is 10.8. The minimum absolute atomic E-state index is 0. The smallest absolute Gasteiger partial charge is 0.153 e. The molecule has 3 aromatic rings. The first-order valence-corrected chi connectivity index (χ1v) is 10.5. The van der Waals surface area contributed by atoms with Crippen molar-refractivity contribution in [1.82, 2.24) is 4.98 Å². The van der Waals surface area contributed by atoms with Gasteiger partial charge in [-0.1, -0.05) is 37.3 Å². The van der Waals surface area contributed by atoms with E-state index in [1.807, 2.05) is 12.1 Å². The van der Waals surface area contributed by atoms with E-state index in [2.05, 4.69) is 31.3 Å². The number of fused-ring (bicyclic) bond motifs is 7. The Morgan fingerprint density at radius 1 is 1.00 bits per heavy atom. The molecule has 0 aliphatic heterocycles. The number of rotatable bonds is 0. The molecule has 3 aliphatic rings. The Hall–Kier alpha value is -1.57. The van der Waals surface area contributed by atoms with E-state index in [0.717, 1.165) is 36.6 Å². The van der Waals surface area contributed by atoms with Gasteiger partial charge in [-0.2, -0.15) is 0 Å². The monoisotopic (exact) mass is 547 g/mol. The Morgan fingerprint density at radius 2 is 1.68 bits per heavy atom. The molecule has 6 rings (SSSR count). The Balaban J connectivity index is 0.00000171. The van der Waals surface area contributed by atoms with Crippen LogP contribution in [0.25, 0.3) is 21.7 Å². The number of hydrogen-bond acceptors (Lipinski definition) is 2. The van der Waals surface area contributed by atoms with Crippen LogP contribution in [0, 0.1) is 13.0 Å². The zero-order chi connectivity index (χ0) is 18.2. The number of pyridine rings is 1. The van der Waals surface area contributed by atoms with Crippen LogP contribution in [0.15, 0.2) is 30.5 Å². The number of benzene rings is 2. The normalized spacial score (nSPS) is 21.7. The first-order valence-electron chi connectivity index (χ1n) is 10.5. The topological polar surface area (TPSA) is 30.0 Å². The summed E-state index contributed by atoms with van der Waals surface area (Å²) in [6, 6.07) is 11.9. The summed E-state index contributed by atoms with van der Waals surface area (Å²) < 4.78 is 0. The molecule has 0 bridgehead atoms. The van der Waals surface area contributed by atoms with Gasteiger partial charge in [-0.05, 0) is 54.6 Å². The third-order valence-corrected chi connectivity index (χ3v) is 7.77. The van der Waals surface area contributed by atoms with E-state index < -0.39 is 0 Å². The molecule has 3 heteroatoms. The molecular formula is C25H24IrNO-. The number of hydrogen-bond donors (Lipinski definition) is 0. The number of carbonyl (C=O) groups is 1. The number of ketones is 1. The van der Waals surface area contributed by atoms with Crippen molar-refractivity contribution in [2.45, 2.75) is 69.1 Å². The van der Waals surface area contributed by atoms with E-state index in [9.17, 15) is 4.79 Å². The predicted molar refractivity (Wildman–Crippen MR) is 108 cm³/mol. The molecule has 0 amide bonds. The molecule has 2 aromatic carbocycles. The van der Waals surface area contributed by atoms with Crippen LogP contribution in [0.3, 0.4) is 0 Å². The van der Waals surface area contributed by atoms with Crippen molar-refractivity contribution in [3.63, 3.8) is 0 Å². The van der Waals surface area contributed by atoms with Crippen molar-refractivity contribution in [3.05, 3.63) is 53.2 Å². The van der Waals surface area contributed by atoms with Gasteiger partial charge < -0.3 is 4.98 Å². The third-order valence-electron chi connectivity index (χ3n) is 7.77. The summed E-state index contributed by atoms with van der Waals surface area (Å²) in [5.74, 6) is 0.532. The van der Waals surface area contributed by atoms with E-state index in [1.54, 1.807) is 0 Å². The molecule has 0 atom stereocenters. The van der Waals surface area contributed by atoms with Gasteiger partial charge in [-0.25, -0.2) is 0 Å². The van der Waals surface area contributed by atoms with Gasteiger partial charge in [0.25, 0.3) is 0 Å². The Labute approximate surface area is 179 Å². The summed E-state index contributed by atoms with van der Waals surface area (Å²) in [4.78, 5) is 18.9. The number of aromatic nitrogens is 1. The minimum Gasteiger partial charge on any atom is -0.304 e. The van der Waals surface area contributed by atoms with Gasteiger partial charge >= 0.3 is 0 Å². The van der Waals surface area contributed by atoms with Crippen LogP contribution in [-0.2, 0) is 35.7 Å². The van der Waals surface area contributed by atoms with E-state index in [4.69, 9.17) is 4.98 Å². The van der Waals surface area contributed by atoms with Gasteiger partial charge in [0.1, 0.15) is 0 Å². The van der Waals surface area contributed by atoms with Gasteiger partial charge in [0.15, 0.2) is 5.78 Å². The van der Waals surface area contributed by atoms with Crippen LogP contribution >= 0.6 is 0 Å². The van der Waals surface area contributed by atoms with Gasteiger partial charge in [0.2, 0.25) is 0 Å². The van der Waals surface area contributed by atoms with Crippen molar-refractivity contribution >= 4 is 27.5 Å². The molecule has 145 valence electrons. The van der Waals surface area contributed by atoms with E-state index in [0.29, 0.717) is 5.78 Å². The fraction of sp³-hybridized carbons (Fsp3) is 0.440. The summed E-state index contributed by atoms with van der Waals surface area (Å²) in [7, 11) is 0. The molecule has 28 heavy (non-hydrogen) atoms. The summed E-state index contributed by atoms with van der Waals surface area (Å²) >= 11 is 0. The zero-order valence-corrected chi connectivity index (χ0v) is 18.6. The molecule has 0 unspecified atom stereocenters. The van der Waals surface area contributed by atoms with E-state index >= 15 is 0 Å². The van der Waals surface area contributed by atoms with Gasteiger partial charge in [-0.3, -0.25) is 4.79 Å². The Bertz CT molecular complexity index is 1120. The molecule has 2 nitrogen and oxygen atoms in total. The van der Waals surface area contributed by atoms with Crippen molar-refractivity contribution < 1.29 is 24.9 Å². The SMILES string of the molecule is Cc1cc2c3c(cnc2c2[c-]cccc12)C1(CCCC1)C(=O)C31CCCC1.[Ir]. The van der Waals surface area contributed by atoms with E-state index in [1.165, 1.54) is 53.1 Å². The standard InChI is InChI=1S/C25H24NO.Ir/c1-16-14-19-21-20(15-26-22(19)18-9-3-2-8-17(16)18)24(10-4-5-11-24)23(27)25(21)12-6-7-13-25;/h2-3,8,14-15H,4-7,10-13H2,1H3;/q-1;. The summed E-state index contributed by atoms with van der Waals surface area (Å²) in [5, 5.41) is 3.54. The average molecular weight is 547 g/mol. The number of carbonyl (C=O) groups excluding carboxylic acids is 1. The van der Waals surface area contributed by atoms with Gasteiger partial charge in [0, 0.05) is 26.3 Å². The maximum Gasteiger partial charge on any atom is 0.153 e. The number of aryl methyl sites for hydroxylation is 1. The molecule has 0 saturated heterocycles. The fourth-order valence-electron chi connectivity index (χ4n) is 6.62. The van der Waals surface area contributed by atoms with Crippen LogP contribution < -0.4 is 0 Å². The predicted octanol–water partition coefficient (Wildman–Crippen LogP) is 5.70. The first-order chi connectivity index (χ1) is 13.2. The molecule has 2 fully saturated rings. The third kappa shape index (κ3) is 2.07. The summed E-state index contributed by atoms with van der Waals surface area (Å²) in [6.45, 7) is 2.18. The van der Waals surface area contributed by atoms with Crippen LogP contribution in [0.5, 0.6) is 0 Å². The zero-order valence-electron chi connectivity index (χ0n) is 16.2. The van der Waals surface area contributed by atoms with Crippen LogP contribution in [0.4, 0.5) is 0 Å². The van der Waals surface area contributed by atoms with Crippen molar-refractivity contribution in [1.29, 1.82) is 0 Å². The quantitative estimate of drug-likeness (QED) is 0.268. The molecule has 2 saturated carbocycles. The van der Waals surface area contributed by atoms with Crippen molar-refractivity contribution in [2.75, 3.05) is 0 Å². The molecular weight excluding hydrogens is 522 g/mol. The van der Waals surface area contributed by atoms with Gasteiger partial charge in [-0.15, -0.1) is 35.0 Å². The van der Waals surface area contributed by atoms with Crippen LogP contribution in [0.1, 0.15) is 68.1 Å². The summed E-state index contributed by atoms with van der Waals surface area (Å²) in [5.41, 5.74) is 4.41. The molecule has 1 aromatic heterocycles. The van der Waals surface area contributed by atoms with Crippen LogP contribution in [0.2, 0.25) is 0 Å². The second-order valence-electron chi connectivity index (χ2n) is 9.00. The maximum absolute atomic E-state index is 14.0. The molecule has 1 heterocycles. The Morgan fingerprint density at radius 3 is 2.39 bits per heavy atom. The second-order valence-corrected chi connectivity index (χ2v) is 9.00. The fourth-order valence-corrected chi connectivity index (χ4v) is 6.62. The Kier molecular flexibility index (Phi) is 4.09. The largest absolute Gasteiger partial charge is 0.304 e.